The Morgan fingerprint density at radius 3 is 2.79 bits per heavy atom. The Balaban J connectivity index is 1.34. The summed E-state index contributed by atoms with van der Waals surface area (Å²) in [6.45, 7) is 1.86. The van der Waals surface area contributed by atoms with Crippen LogP contribution in [0.5, 0.6) is 5.88 Å². The summed E-state index contributed by atoms with van der Waals surface area (Å²) in [6, 6.07) is 11.3. The average Bonchev–Trinajstić information content (AvgIpc) is 3.06. The number of nitriles is 1. The zero-order valence-electron chi connectivity index (χ0n) is 15.6. The number of nitrogens with one attached hydrogen (secondary N) is 1. The molecule has 0 bridgehead atoms. The van der Waals surface area contributed by atoms with Gasteiger partial charge in [0.1, 0.15) is 23.5 Å². The van der Waals surface area contributed by atoms with Crippen LogP contribution < -0.4 is 10.1 Å². The van der Waals surface area contributed by atoms with Gasteiger partial charge in [-0.2, -0.15) is 5.26 Å². The zero-order valence-corrected chi connectivity index (χ0v) is 15.6. The maximum Gasteiger partial charge on any atom is 0.270 e. The van der Waals surface area contributed by atoms with Crippen LogP contribution >= 0.6 is 0 Å². The van der Waals surface area contributed by atoms with E-state index in [1.54, 1.807) is 12.1 Å². The second-order valence-electron chi connectivity index (χ2n) is 7.04. The summed E-state index contributed by atoms with van der Waals surface area (Å²) >= 11 is 0. The Hall–Kier alpha value is -3.40. The van der Waals surface area contributed by atoms with E-state index in [0.29, 0.717) is 17.1 Å². The third-order valence-electron chi connectivity index (χ3n) is 5.08. The Morgan fingerprint density at radius 1 is 1.25 bits per heavy atom. The van der Waals surface area contributed by atoms with Gasteiger partial charge in [0.2, 0.25) is 5.88 Å². The lowest BCUT2D eigenvalue weighted by Crippen LogP contribution is -2.40. The molecule has 0 aliphatic heterocycles. The fourth-order valence-electron chi connectivity index (χ4n) is 3.65. The molecule has 1 aliphatic rings. The highest BCUT2D eigenvalue weighted by Gasteiger charge is 2.26. The van der Waals surface area contributed by atoms with Gasteiger partial charge in [-0.3, -0.25) is 9.20 Å². The van der Waals surface area contributed by atoms with Crippen molar-refractivity contribution in [3.63, 3.8) is 0 Å². The number of aromatic nitrogens is 3. The molecule has 0 saturated heterocycles. The van der Waals surface area contributed by atoms with E-state index in [1.165, 1.54) is 6.20 Å². The van der Waals surface area contributed by atoms with Gasteiger partial charge in [-0.25, -0.2) is 9.97 Å². The molecule has 3 aromatic heterocycles. The Bertz CT molecular complexity index is 1030. The maximum atomic E-state index is 12.8. The average molecular weight is 375 g/mol. The van der Waals surface area contributed by atoms with Crippen molar-refractivity contribution in [2.75, 3.05) is 0 Å². The molecular formula is C21H21N5O2. The number of ether oxygens (including phenoxy) is 1. The summed E-state index contributed by atoms with van der Waals surface area (Å²) in [5, 5.41) is 12.0. The Kier molecular flexibility index (Phi) is 4.94. The van der Waals surface area contributed by atoms with Crippen LogP contribution in [0.15, 0.2) is 42.7 Å². The van der Waals surface area contributed by atoms with Crippen molar-refractivity contribution >= 4 is 11.6 Å². The molecule has 1 amide bonds. The van der Waals surface area contributed by atoms with Crippen LogP contribution in [0.3, 0.4) is 0 Å². The minimum Gasteiger partial charge on any atom is -0.474 e. The molecular weight excluding hydrogens is 354 g/mol. The van der Waals surface area contributed by atoms with E-state index >= 15 is 0 Å². The number of carbonyl (C=O) groups is 1. The molecule has 142 valence electrons. The number of imidazole rings is 1. The summed E-state index contributed by atoms with van der Waals surface area (Å²) < 4.78 is 7.74. The molecule has 0 aromatic carbocycles. The van der Waals surface area contributed by atoms with Crippen LogP contribution in [0, 0.1) is 18.3 Å². The highest BCUT2D eigenvalue weighted by atomic mass is 16.5. The number of amides is 1. The van der Waals surface area contributed by atoms with E-state index in [2.05, 4.69) is 15.3 Å². The lowest BCUT2D eigenvalue weighted by Gasteiger charge is -2.29. The molecule has 1 saturated carbocycles. The van der Waals surface area contributed by atoms with Gasteiger partial charge in [-0.15, -0.1) is 0 Å². The SMILES string of the molecule is Cc1nc2ccccn2c1C(=O)NC1CCC(Oc2ccc(C#N)cn2)CC1. The first-order chi connectivity index (χ1) is 13.6. The third-order valence-corrected chi connectivity index (χ3v) is 5.08. The van der Waals surface area contributed by atoms with Crippen molar-refractivity contribution in [2.45, 2.75) is 44.8 Å². The molecule has 0 atom stereocenters. The van der Waals surface area contributed by atoms with Crippen LogP contribution in [-0.2, 0) is 0 Å². The molecule has 1 aliphatic carbocycles. The van der Waals surface area contributed by atoms with E-state index in [9.17, 15) is 4.79 Å². The van der Waals surface area contributed by atoms with E-state index in [4.69, 9.17) is 10.00 Å². The largest absolute Gasteiger partial charge is 0.474 e. The van der Waals surface area contributed by atoms with E-state index in [0.717, 1.165) is 37.0 Å². The predicted octanol–water partition coefficient (Wildman–Crippen LogP) is 3.03. The molecule has 7 heteroatoms. The van der Waals surface area contributed by atoms with Gasteiger partial charge in [0.05, 0.1) is 11.3 Å². The smallest absolute Gasteiger partial charge is 0.270 e. The maximum absolute atomic E-state index is 12.8. The van der Waals surface area contributed by atoms with Crippen molar-refractivity contribution < 1.29 is 9.53 Å². The molecule has 3 heterocycles. The van der Waals surface area contributed by atoms with Gasteiger partial charge >= 0.3 is 0 Å². The van der Waals surface area contributed by atoms with Crippen molar-refractivity contribution in [3.05, 3.63) is 59.7 Å². The first-order valence-corrected chi connectivity index (χ1v) is 9.41. The predicted molar refractivity (Wildman–Crippen MR) is 103 cm³/mol. The summed E-state index contributed by atoms with van der Waals surface area (Å²) in [7, 11) is 0. The molecule has 1 fully saturated rings. The summed E-state index contributed by atoms with van der Waals surface area (Å²) in [5.41, 5.74) is 2.61. The zero-order chi connectivity index (χ0) is 19.5. The van der Waals surface area contributed by atoms with Crippen LogP contribution in [-0.4, -0.2) is 32.4 Å². The quantitative estimate of drug-likeness (QED) is 0.757. The van der Waals surface area contributed by atoms with Gasteiger partial charge in [-0.05, 0) is 50.8 Å². The molecule has 0 unspecified atom stereocenters. The second-order valence-corrected chi connectivity index (χ2v) is 7.04. The molecule has 0 radical (unpaired) electrons. The molecule has 4 rings (SSSR count). The fraction of sp³-hybridized carbons (Fsp3) is 0.333. The number of hydrogen-bond donors (Lipinski definition) is 1. The molecule has 28 heavy (non-hydrogen) atoms. The van der Waals surface area contributed by atoms with E-state index in [-0.39, 0.29) is 18.1 Å². The first-order valence-electron chi connectivity index (χ1n) is 9.41. The normalized spacial score (nSPS) is 19.1. The Morgan fingerprint density at radius 2 is 2.07 bits per heavy atom. The lowest BCUT2D eigenvalue weighted by molar-refractivity contribution is 0.0884. The van der Waals surface area contributed by atoms with Crippen LogP contribution in [0.2, 0.25) is 0 Å². The first kappa shape index (κ1) is 18.0. The number of nitrogens with zero attached hydrogens (tertiary/aromatic N) is 4. The number of carbonyl (C=O) groups excluding carboxylic acids is 1. The monoisotopic (exact) mass is 375 g/mol. The molecule has 7 nitrogen and oxygen atoms in total. The van der Waals surface area contributed by atoms with Crippen LogP contribution in [0.25, 0.3) is 5.65 Å². The highest BCUT2D eigenvalue weighted by molar-refractivity contribution is 5.94. The summed E-state index contributed by atoms with van der Waals surface area (Å²) in [4.78, 5) is 21.4. The number of fused-ring (bicyclic) bond motifs is 1. The topological polar surface area (TPSA) is 92.3 Å². The summed E-state index contributed by atoms with van der Waals surface area (Å²) in [6.07, 6.45) is 6.84. The number of rotatable bonds is 4. The third kappa shape index (κ3) is 3.67. The van der Waals surface area contributed by atoms with E-state index < -0.39 is 0 Å². The van der Waals surface area contributed by atoms with Gasteiger partial charge in [0, 0.05) is 24.5 Å². The van der Waals surface area contributed by atoms with Gasteiger partial charge < -0.3 is 10.1 Å². The Labute approximate surface area is 163 Å². The van der Waals surface area contributed by atoms with Gasteiger partial charge in [0.15, 0.2) is 0 Å². The van der Waals surface area contributed by atoms with Gasteiger partial charge in [-0.1, -0.05) is 6.07 Å². The summed E-state index contributed by atoms with van der Waals surface area (Å²) in [5.74, 6) is 0.446. The minimum absolute atomic E-state index is 0.0751. The lowest BCUT2D eigenvalue weighted by atomic mass is 9.93. The van der Waals surface area contributed by atoms with Crippen molar-refractivity contribution in [1.29, 1.82) is 5.26 Å². The van der Waals surface area contributed by atoms with Crippen molar-refractivity contribution in [3.8, 4) is 11.9 Å². The number of aryl methyl sites for hydroxylation is 1. The highest BCUT2D eigenvalue weighted by Crippen LogP contribution is 2.23. The number of pyridine rings is 2. The second kappa shape index (κ2) is 7.69. The van der Waals surface area contributed by atoms with Crippen molar-refractivity contribution in [1.82, 2.24) is 19.7 Å². The standard InChI is InChI=1S/C21H21N5O2/c1-14-20(26-11-3-2-4-18(26)24-14)21(27)25-16-6-8-17(9-7-16)28-19-10-5-15(12-22)13-23-19/h2-5,10-11,13,16-17H,6-9H2,1H3,(H,25,27). The van der Waals surface area contributed by atoms with Crippen LogP contribution in [0.1, 0.15) is 47.4 Å². The molecule has 1 N–H and O–H groups in total. The van der Waals surface area contributed by atoms with Gasteiger partial charge in [0.25, 0.3) is 5.91 Å². The van der Waals surface area contributed by atoms with Crippen molar-refractivity contribution in [2.24, 2.45) is 0 Å². The van der Waals surface area contributed by atoms with E-state index in [1.807, 2.05) is 41.8 Å². The molecule has 3 aromatic rings. The fourth-order valence-corrected chi connectivity index (χ4v) is 3.65. The molecule has 0 spiro atoms. The van der Waals surface area contributed by atoms with Crippen LogP contribution in [0.4, 0.5) is 0 Å². The number of hydrogen-bond acceptors (Lipinski definition) is 5. The minimum atomic E-state index is -0.0886.